The van der Waals surface area contributed by atoms with Crippen LogP contribution < -0.4 is 0 Å². The molecular formula is C10H16O4. The van der Waals surface area contributed by atoms with E-state index >= 15 is 0 Å². The van der Waals surface area contributed by atoms with Crippen molar-refractivity contribution in [2.75, 3.05) is 0 Å². The minimum Gasteiger partial charge on any atom is -0.452 e. The molecule has 0 atom stereocenters. The summed E-state index contributed by atoms with van der Waals surface area (Å²) < 4.78 is 4.85. The summed E-state index contributed by atoms with van der Waals surface area (Å²) in [6.45, 7) is 4.37. The number of carbonyl (C=O) groups excluding carboxylic acids is 3. The summed E-state index contributed by atoms with van der Waals surface area (Å²) >= 11 is 0. The summed E-state index contributed by atoms with van der Waals surface area (Å²) in [6, 6.07) is 0. The summed E-state index contributed by atoms with van der Waals surface area (Å²) in [6.07, 6.45) is 1.90. The highest BCUT2D eigenvalue weighted by Crippen LogP contribution is 2.14. The van der Waals surface area contributed by atoms with E-state index in [4.69, 9.17) is 4.74 Å². The monoisotopic (exact) mass is 200 g/mol. The molecule has 0 aliphatic heterocycles. The highest BCUT2D eigenvalue weighted by molar-refractivity contribution is 5.88. The zero-order valence-corrected chi connectivity index (χ0v) is 8.83. The molecule has 0 unspecified atom stereocenters. The van der Waals surface area contributed by atoms with Gasteiger partial charge >= 0.3 is 5.97 Å². The first kappa shape index (κ1) is 12.8. The molecule has 0 fully saturated rings. The Balaban J connectivity index is 4.07. The van der Waals surface area contributed by atoms with Crippen LogP contribution in [0.2, 0.25) is 0 Å². The number of Topliss-reactive ketones (excluding diaryl/α,β-unsaturated/α-hetero) is 1. The topological polar surface area (TPSA) is 60.4 Å². The van der Waals surface area contributed by atoms with Gasteiger partial charge in [0.1, 0.15) is 6.29 Å². The molecule has 0 saturated carbocycles. The van der Waals surface area contributed by atoms with Gasteiger partial charge in [-0.05, 0) is 20.3 Å². The van der Waals surface area contributed by atoms with Crippen molar-refractivity contribution < 1.29 is 19.1 Å². The SMILES string of the molecule is CC(=O)OC(C)(C)C(=O)CCCC=O. The molecule has 0 amide bonds. The van der Waals surface area contributed by atoms with E-state index in [1.54, 1.807) is 13.8 Å². The van der Waals surface area contributed by atoms with Crippen LogP contribution in [0.15, 0.2) is 0 Å². The molecule has 4 nitrogen and oxygen atoms in total. The van der Waals surface area contributed by atoms with Crippen LogP contribution >= 0.6 is 0 Å². The minimum absolute atomic E-state index is 0.158. The average molecular weight is 200 g/mol. The van der Waals surface area contributed by atoms with E-state index in [-0.39, 0.29) is 12.2 Å². The van der Waals surface area contributed by atoms with Crippen molar-refractivity contribution in [2.45, 2.75) is 45.6 Å². The van der Waals surface area contributed by atoms with Crippen molar-refractivity contribution in [3.63, 3.8) is 0 Å². The maximum absolute atomic E-state index is 11.5. The van der Waals surface area contributed by atoms with Crippen LogP contribution in [0.4, 0.5) is 0 Å². The van der Waals surface area contributed by atoms with Gasteiger partial charge in [0.25, 0.3) is 0 Å². The largest absolute Gasteiger partial charge is 0.452 e. The normalized spacial score (nSPS) is 10.8. The summed E-state index contributed by atoms with van der Waals surface area (Å²) in [7, 11) is 0. The second-order valence-corrected chi connectivity index (χ2v) is 3.59. The predicted octanol–water partition coefficient (Wildman–Crippen LogP) is 1.27. The van der Waals surface area contributed by atoms with E-state index in [1.807, 2.05) is 0 Å². The fourth-order valence-corrected chi connectivity index (χ4v) is 1.06. The molecule has 80 valence electrons. The molecule has 0 aliphatic carbocycles. The highest BCUT2D eigenvalue weighted by atomic mass is 16.6. The smallest absolute Gasteiger partial charge is 0.303 e. The molecule has 0 spiro atoms. The number of ketones is 1. The van der Waals surface area contributed by atoms with Gasteiger partial charge < -0.3 is 9.53 Å². The minimum atomic E-state index is -1.07. The Morgan fingerprint density at radius 1 is 1.36 bits per heavy atom. The Kier molecular flexibility index (Phi) is 5.05. The lowest BCUT2D eigenvalue weighted by Crippen LogP contribution is -2.36. The number of hydrogen-bond acceptors (Lipinski definition) is 4. The van der Waals surface area contributed by atoms with Gasteiger partial charge in [-0.3, -0.25) is 9.59 Å². The van der Waals surface area contributed by atoms with Crippen LogP contribution in [0.3, 0.4) is 0 Å². The third kappa shape index (κ3) is 4.74. The molecule has 0 heterocycles. The van der Waals surface area contributed by atoms with E-state index in [1.165, 1.54) is 6.92 Å². The lowest BCUT2D eigenvalue weighted by atomic mass is 9.98. The molecule has 0 aromatic rings. The van der Waals surface area contributed by atoms with Gasteiger partial charge in [-0.1, -0.05) is 0 Å². The number of hydrogen-bond donors (Lipinski definition) is 0. The highest BCUT2D eigenvalue weighted by Gasteiger charge is 2.29. The molecule has 0 radical (unpaired) electrons. The van der Waals surface area contributed by atoms with Crippen LogP contribution in [0.25, 0.3) is 0 Å². The number of aldehydes is 1. The summed E-state index contributed by atoms with van der Waals surface area (Å²) in [5, 5.41) is 0. The standard InChI is InChI=1S/C10H16O4/c1-8(12)14-10(2,3)9(13)6-4-5-7-11/h7H,4-6H2,1-3H3. The summed E-state index contributed by atoms with van der Waals surface area (Å²) in [4.78, 5) is 32.2. The molecule has 4 heteroatoms. The molecule has 14 heavy (non-hydrogen) atoms. The van der Waals surface area contributed by atoms with Gasteiger partial charge in [-0.15, -0.1) is 0 Å². The second-order valence-electron chi connectivity index (χ2n) is 3.59. The maximum Gasteiger partial charge on any atom is 0.303 e. The molecular weight excluding hydrogens is 184 g/mol. The van der Waals surface area contributed by atoms with Gasteiger partial charge in [-0.25, -0.2) is 0 Å². The fourth-order valence-electron chi connectivity index (χ4n) is 1.06. The Bertz CT molecular complexity index is 230. The number of unbranched alkanes of at least 4 members (excludes halogenated alkanes) is 1. The first-order chi connectivity index (χ1) is 6.40. The van der Waals surface area contributed by atoms with Crippen molar-refractivity contribution in [2.24, 2.45) is 0 Å². The lowest BCUT2D eigenvalue weighted by molar-refractivity contribution is -0.161. The van der Waals surface area contributed by atoms with Gasteiger partial charge in [0.15, 0.2) is 11.4 Å². The van der Waals surface area contributed by atoms with Crippen LogP contribution in [0, 0.1) is 0 Å². The first-order valence-corrected chi connectivity index (χ1v) is 4.56. The Labute approximate surface area is 83.6 Å². The number of esters is 1. The Morgan fingerprint density at radius 3 is 2.36 bits per heavy atom. The summed E-state index contributed by atoms with van der Waals surface area (Å²) in [5.74, 6) is -0.631. The lowest BCUT2D eigenvalue weighted by Gasteiger charge is -2.22. The molecule has 0 bridgehead atoms. The van der Waals surface area contributed by atoms with Gasteiger partial charge in [-0.2, -0.15) is 0 Å². The van der Waals surface area contributed by atoms with Gasteiger partial charge in [0.05, 0.1) is 0 Å². The predicted molar refractivity (Wildman–Crippen MR) is 50.8 cm³/mol. The molecule has 0 aromatic heterocycles. The average Bonchev–Trinajstić information content (AvgIpc) is 2.02. The summed E-state index contributed by atoms with van der Waals surface area (Å²) in [5.41, 5.74) is -1.07. The van der Waals surface area contributed by atoms with Crippen molar-refractivity contribution in [3.8, 4) is 0 Å². The molecule has 0 aliphatic rings. The first-order valence-electron chi connectivity index (χ1n) is 4.56. The van der Waals surface area contributed by atoms with E-state index < -0.39 is 11.6 Å². The van der Waals surface area contributed by atoms with Crippen LogP contribution in [-0.2, 0) is 19.1 Å². The van der Waals surface area contributed by atoms with Crippen molar-refractivity contribution in [1.82, 2.24) is 0 Å². The zero-order chi connectivity index (χ0) is 11.2. The third-order valence-corrected chi connectivity index (χ3v) is 1.80. The Morgan fingerprint density at radius 2 is 1.93 bits per heavy atom. The van der Waals surface area contributed by atoms with Gasteiger partial charge in [0.2, 0.25) is 0 Å². The van der Waals surface area contributed by atoms with E-state index in [2.05, 4.69) is 0 Å². The van der Waals surface area contributed by atoms with E-state index in [0.29, 0.717) is 12.8 Å². The third-order valence-electron chi connectivity index (χ3n) is 1.80. The van der Waals surface area contributed by atoms with Crippen LogP contribution in [-0.4, -0.2) is 23.6 Å². The molecule has 0 aromatic carbocycles. The maximum atomic E-state index is 11.5. The molecule has 0 N–H and O–H groups in total. The molecule has 0 saturated heterocycles. The van der Waals surface area contributed by atoms with Crippen LogP contribution in [0.1, 0.15) is 40.0 Å². The molecule has 0 rings (SSSR count). The van der Waals surface area contributed by atoms with Crippen molar-refractivity contribution in [3.05, 3.63) is 0 Å². The van der Waals surface area contributed by atoms with Crippen molar-refractivity contribution >= 4 is 18.0 Å². The number of carbonyl (C=O) groups is 3. The van der Waals surface area contributed by atoms with E-state index in [0.717, 1.165) is 6.29 Å². The van der Waals surface area contributed by atoms with Gasteiger partial charge in [0, 0.05) is 19.8 Å². The van der Waals surface area contributed by atoms with Crippen LogP contribution in [0.5, 0.6) is 0 Å². The second kappa shape index (κ2) is 5.52. The number of rotatable bonds is 6. The van der Waals surface area contributed by atoms with E-state index in [9.17, 15) is 14.4 Å². The fraction of sp³-hybridized carbons (Fsp3) is 0.700. The zero-order valence-electron chi connectivity index (χ0n) is 8.83. The number of ether oxygens (including phenoxy) is 1. The quantitative estimate of drug-likeness (QED) is 0.368. The Hall–Kier alpha value is -1.19. The van der Waals surface area contributed by atoms with Crippen molar-refractivity contribution in [1.29, 1.82) is 0 Å².